The van der Waals surface area contributed by atoms with Crippen molar-refractivity contribution >= 4 is 17.6 Å². The monoisotopic (exact) mass is 251 g/mol. The van der Waals surface area contributed by atoms with E-state index in [2.05, 4.69) is 47.6 Å². The number of aryl methyl sites for hydroxylation is 1. The van der Waals surface area contributed by atoms with E-state index < -0.39 is 0 Å². The molecule has 0 radical (unpaired) electrons. The van der Waals surface area contributed by atoms with Crippen LogP contribution in [0.5, 0.6) is 0 Å². The van der Waals surface area contributed by atoms with Crippen molar-refractivity contribution in [2.75, 3.05) is 18.0 Å². The molecule has 1 aromatic rings. The molecular formula is C13H21N3S. The zero-order valence-corrected chi connectivity index (χ0v) is 11.6. The number of rotatable bonds is 2. The Kier molecular flexibility index (Phi) is 3.94. The van der Waals surface area contributed by atoms with Gasteiger partial charge in [-0.15, -0.1) is 0 Å². The number of hydrogen-bond donors (Lipinski definition) is 1. The second kappa shape index (κ2) is 5.27. The molecule has 2 heterocycles. The van der Waals surface area contributed by atoms with Gasteiger partial charge in [-0.05, 0) is 18.6 Å². The van der Waals surface area contributed by atoms with Crippen LogP contribution in [0.15, 0.2) is 12.1 Å². The predicted octanol–water partition coefficient (Wildman–Crippen LogP) is 2.18. The zero-order valence-electron chi connectivity index (χ0n) is 10.8. The Morgan fingerprint density at radius 1 is 1.35 bits per heavy atom. The van der Waals surface area contributed by atoms with Gasteiger partial charge in [0.25, 0.3) is 0 Å². The first-order chi connectivity index (χ1) is 8.10. The molecule has 2 atom stereocenters. The van der Waals surface area contributed by atoms with Crippen molar-refractivity contribution in [2.45, 2.75) is 37.8 Å². The number of anilines is 1. The molecule has 1 aliphatic rings. The Morgan fingerprint density at radius 2 is 2.00 bits per heavy atom. The van der Waals surface area contributed by atoms with Crippen LogP contribution in [0.3, 0.4) is 0 Å². The Morgan fingerprint density at radius 3 is 2.53 bits per heavy atom. The normalized spacial score (nSPS) is 25.1. The second-order valence-electron chi connectivity index (χ2n) is 4.78. The summed E-state index contributed by atoms with van der Waals surface area (Å²) in [4.78, 5) is 7.06. The molecule has 0 aromatic carbocycles. The van der Waals surface area contributed by atoms with Gasteiger partial charge < -0.3 is 10.6 Å². The fraction of sp³-hybridized carbons (Fsp3) is 0.615. The highest BCUT2D eigenvalue weighted by molar-refractivity contribution is 8.00. The largest absolute Gasteiger partial charge is 0.354 e. The summed E-state index contributed by atoms with van der Waals surface area (Å²) in [7, 11) is 0. The number of nitrogens with zero attached hydrogens (tertiary/aromatic N) is 2. The fourth-order valence-electron chi connectivity index (χ4n) is 2.33. The van der Waals surface area contributed by atoms with E-state index in [1.165, 1.54) is 0 Å². The number of hydrogen-bond acceptors (Lipinski definition) is 4. The minimum Gasteiger partial charge on any atom is -0.354 e. The molecule has 1 aliphatic heterocycles. The van der Waals surface area contributed by atoms with E-state index in [1.807, 2.05) is 6.92 Å². The fourth-order valence-corrected chi connectivity index (χ4v) is 3.66. The molecule has 0 spiro atoms. The molecule has 3 nitrogen and oxygen atoms in total. The maximum Gasteiger partial charge on any atom is 0.128 e. The summed E-state index contributed by atoms with van der Waals surface area (Å²) in [5.41, 5.74) is 7.87. The van der Waals surface area contributed by atoms with Gasteiger partial charge in [-0.3, -0.25) is 0 Å². The summed E-state index contributed by atoms with van der Waals surface area (Å²) in [6.07, 6.45) is 0. The number of aromatic nitrogens is 1. The SMILES string of the molecule is Cc1nc(N2CC(C)SC(C)C2)ccc1CN. The van der Waals surface area contributed by atoms with Crippen molar-refractivity contribution < 1.29 is 0 Å². The van der Waals surface area contributed by atoms with Crippen LogP contribution in [-0.4, -0.2) is 28.6 Å². The maximum atomic E-state index is 5.67. The van der Waals surface area contributed by atoms with Gasteiger partial charge in [0.05, 0.1) is 0 Å². The molecule has 1 aromatic heterocycles. The van der Waals surface area contributed by atoms with E-state index in [0.29, 0.717) is 17.0 Å². The summed E-state index contributed by atoms with van der Waals surface area (Å²) in [5, 5.41) is 1.35. The van der Waals surface area contributed by atoms with Crippen LogP contribution in [0.4, 0.5) is 5.82 Å². The highest BCUT2D eigenvalue weighted by Gasteiger charge is 2.23. The van der Waals surface area contributed by atoms with Crippen LogP contribution in [0, 0.1) is 6.92 Å². The molecule has 0 bridgehead atoms. The first kappa shape index (κ1) is 12.7. The van der Waals surface area contributed by atoms with E-state index in [1.54, 1.807) is 0 Å². The third-order valence-corrected chi connectivity index (χ3v) is 4.37. The predicted molar refractivity (Wildman–Crippen MR) is 75.6 cm³/mol. The molecule has 0 saturated carbocycles. The highest BCUT2D eigenvalue weighted by Crippen LogP contribution is 2.27. The van der Waals surface area contributed by atoms with Gasteiger partial charge in [-0.1, -0.05) is 19.9 Å². The Balaban J connectivity index is 2.19. The third kappa shape index (κ3) is 2.93. The molecule has 2 rings (SSSR count). The van der Waals surface area contributed by atoms with Crippen LogP contribution in [0.25, 0.3) is 0 Å². The molecule has 17 heavy (non-hydrogen) atoms. The van der Waals surface area contributed by atoms with E-state index in [0.717, 1.165) is 30.2 Å². The molecule has 0 aliphatic carbocycles. The van der Waals surface area contributed by atoms with Crippen molar-refractivity contribution in [3.8, 4) is 0 Å². The van der Waals surface area contributed by atoms with Crippen molar-refractivity contribution in [3.63, 3.8) is 0 Å². The van der Waals surface area contributed by atoms with Gasteiger partial charge in [-0.2, -0.15) is 11.8 Å². The lowest BCUT2D eigenvalue weighted by molar-refractivity contribution is 0.716. The van der Waals surface area contributed by atoms with Gasteiger partial charge >= 0.3 is 0 Å². The standard InChI is InChI=1S/C13H21N3S/c1-9-7-16(8-10(2)17-9)13-5-4-12(6-14)11(3)15-13/h4-5,9-10H,6-8,14H2,1-3H3. The molecule has 1 fully saturated rings. The second-order valence-corrected chi connectivity index (χ2v) is 6.66. The first-order valence-electron chi connectivity index (χ1n) is 6.17. The summed E-state index contributed by atoms with van der Waals surface area (Å²) < 4.78 is 0. The molecule has 2 unspecified atom stereocenters. The van der Waals surface area contributed by atoms with Crippen molar-refractivity contribution in [1.29, 1.82) is 0 Å². The highest BCUT2D eigenvalue weighted by atomic mass is 32.2. The van der Waals surface area contributed by atoms with Crippen LogP contribution >= 0.6 is 11.8 Å². The molecule has 4 heteroatoms. The summed E-state index contributed by atoms with van der Waals surface area (Å²) >= 11 is 2.06. The van der Waals surface area contributed by atoms with E-state index in [4.69, 9.17) is 5.73 Å². The summed E-state index contributed by atoms with van der Waals surface area (Å²) in [5.74, 6) is 1.10. The lowest BCUT2D eigenvalue weighted by atomic mass is 10.2. The van der Waals surface area contributed by atoms with E-state index >= 15 is 0 Å². The number of pyridine rings is 1. The molecular weight excluding hydrogens is 230 g/mol. The lowest BCUT2D eigenvalue weighted by Crippen LogP contribution is -2.40. The zero-order chi connectivity index (χ0) is 12.4. The molecule has 1 saturated heterocycles. The summed E-state index contributed by atoms with van der Waals surface area (Å²) in [6, 6.07) is 4.21. The molecule has 0 amide bonds. The quantitative estimate of drug-likeness (QED) is 0.875. The van der Waals surface area contributed by atoms with Gasteiger partial charge in [0.2, 0.25) is 0 Å². The summed E-state index contributed by atoms with van der Waals surface area (Å²) in [6.45, 7) is 9.36. The molecule has 2 N–H and O–H groups in total. The molecule has 94 valence electrons. The van der Waals surface area contributed by atoms with Crippen LogP contribution in [0.2, 0.25) is 0 Å². The van der Waals surface area contributed by atoms with Gasteiger partial charge in [0.1, 0.15) is 5.82 Å². The average Bonchev–Trinajstić information content (AvgIpc) is 2.27. The van der Waals surface area contributed by atoms with Crippen LogP contribution in [0.1, 0.15) is 25.1 Å². The van der Waals surface area contributed by atoms with Crippen LogP contribution in [-0.2, 0) is 6.54 Å². The number of thioether (sulfide) groups is 1. The van der Waals surface area contributed by atoms with E-state index in [-0.39, 0.29) is 0 Å². The minimum atomic E-state index is 0.571. The number of nitrogens with two attached hydrogens (primary N) is 1. The average molecular weight is 251 g/mol. The Bertz CT molecular complexity index is 384. The van der Waals surface area contributed by atoms with Gasteiger partial charge in [-0.25, -0.2) is 4.98 Å². The maximum absolute atomic E-state index is 5.67. The van der Waals surface area contributed by atoms with Crippen molar-refractivity contribution in [2.24, 2.45) is 5.73 Å². The first-order valence-corrected chi connectivity index (χ1v) is 7.11. The van der Waals surface area contributed by atoms with Crippen molar-refractivity contribution in [1.82, 2.24) is 4.98 Å². The smallest absolute Gasteiger partial charge is 0.128 e. The van der Waals surface area contributed by atoms with Gasteiger partial charge in [0.15, 0.2) is 0 Å². The van der Waals surface area contributed by atoms with Crippen LogP contribution < -0.4 is 10.6 Å². The third-order valence-electron chi connectivity index (χ3n) is 3.14. The topological polar surface area (TPSA) is 42.2 Å². The lowest BCUT2D eigenvalue weighted by Gasteiger charge is -2.35. The minimum absolute atomic E-state index is 0.571. The van der Waals surface area contributed by atoms with Gasteiger partial charge in [0, 0.05) is 35.8 Å². The Hall–Kier alpha value is -0.740. The van der Waals surface area contributed by atoms with Crippen molar-refractivity contribution in [3.05, 3.63) is 23.4 Å². The van der Waals surface area contributed by atoms with E-state index in [9.17, 15) is 0 Å². The Labute approximate surface area is 108 Å².